The van der Waals surface area contributed by atoms with Gasteiger partial charge in [-0.2, -0.15) is 5.10 Å². The van der Waals surface area contributed by atoms with Gasteiger partial charge < -0.3 is 16.2 Å². The van der Waals surface area contributed by atoms with E-state index in [1.807, 2.05) is 0 Å². The van der Waals surface area contributed by atoms with E-state index in [2.05, 4.69) is 10.2 Å². The van der Waals surface area contributed by atoms with Gasteiger partial charge in [-0.25, -0.2) is 16.8 Å². The van der Waals surface area contributed by atoms with E-state index >= 15 is 0 Å². The maximum atomic E-state index is 13.9. The number of rotatable bonds is 5. The van der Waals surface area contributed by atoms with Gasteiger partial charge in [-0.15, -0.1) is 5.10 Å². The molecule has 1 aromatic heterocycles. The van der Waals surface area contributed by atoms with Crippen LogP contribution >= 0.6 is 0 Å². The summed E-state index contributed by atoms with van der Waals surface area (Å²) in [5.74, 6) is -0.287. The summed E-state index contributed by atoms with van der Waals surface area (Å²) in [6, 6.07) is 9.77. The van der Waals surface area contributed by atoms with Crippen molar-refractivity contribution in [1.29, 1.82) is 0 Å². The smallest absolute Gasteiger partial charge is 0.268 e. The van der Waals surface area contributed by atoms with Crippen LogP contribution in [0.4, 0.5) is 4.39 Å². The average molecular weight is 403 g/mol. The minimum Gasteiger partial charge on any atom is -0.497 e. The summed E-state index contributed by atoms with van der Waals surface area (Å²) in [5.41, 5.74) is 11.6. The van der Waals surface area contributed by atoms with Gasteiger partial charge in [-0.05, 0) is 49.4 Å². The average Bonchev–Trinajstić information content (AvgIpc) is 3.05. The number of nitrogens with two attached hydrogens (primary N) is 2. The summed E-state index contributed by atoms with van der Waals surface area (Å²) in [5, 5.41) is 7.97. The van der Waals surface area contributed by atoms with Gasteiger partial charge in [0.15, 0.2) is 0 Å². The number of methoxy groups -OCH3 is 1. The summed E-state index contributed by atoms with van der Waals surface area (Å²) in [4.78, 5) is 0.0276. The van der Waals surface area contributed by atoms with Gasteiger partial charge in [0, 0.05) is 17.1 Å². The molecule has 0 spiro atoms. The molecule has 3 rings (SSSR count). The lowest BCUT2D eigenvalue weighted by Gasteiger charge is -2.08. The molecule has 0 radical (unpaired) electrons. The maximum Gasteiger partial charge on any atom is 0.268 e. The van der Waals surface area contributed by atoms with E-state index < -0.39 is 15.8 Å². The van der Waals surface area contributed by atoms with Gasteiger partial charge in [-0.3, -0.25) is 0 Å². The van der Waals surface area contributed by atoms with E-state index in [0.717, 1.165) is 10.0 Å². The molecule has 0 bridgehead atoms. The molecule has 8 nitrogen and oxygen atoms in total. The number of nitrogens with zero attached hydrogens (tertiary/aromatic N) is 3. The number of guanidine groups is 1. The van der Waals surface area contributed by atoms with Crippen molar-refractivity contribution in [3.63, 3.8) is 0 Å². The van der Waals surface area contributed by atoms with E-state index in [1.54, 1.807) is 6.92 Å². The van der Waals surface area contributed by atoms with Crippen molar-refractivity contribution in [2.45, 2.75) is 11.8 Å². The first-order valence-corrected chi connectivity index (χ1v) is 9.52. The van der Waals surface area contributed by atoms with Crippen molar-refractivity contribution >= 4 is 32.6 Å². The van der Waals surface area contributed by atoms with Gasteiger partial charge in [0.1, 0.15) is 11.6 Å². The number of fused-ring (bicyclic) bond motifs is 1. The second-order valence-corrected chi connectivity index (χ2v) is 7.71. The van der Waals surface area contributed by atoms with Crippen LogP contribution in [0.25, 0.3) is 10.9 Å². The van der Waals surface area contributed by atoms with Gasteiger partial charge in [0.2, 0.25) is 5.96 Å². The van der Waals surface area contributed by atoms with Crippen LogP contribution in [0.1, 0.15) is 12.5 Å². The molecule has 1 heterocycles. The zero-order valence-electron chi connectivity index (χ0n) is 15.1. The van der Waals surface area contributed by atoms with Crippen molar-refractivity contribution in [2.24, 2.45) is 21.7 Å². The van der Waals surface area contributed by atoms with Crippen LogP contribution in [0.2, 0.25) is 0 Å². The largest absolute Gasteiger partial charge is 0.497 e. The quantitative estimate of drug-likeness (QED) is 0.383. The topological polar surface area (TPSA) is 125 Å². The van der Waals surface area contributed by atoms with E-state index in [1.165, 1.54) is 49.7 Å². The van der Waals surface area contributed by atoms with Crippen LogP contribution in [0.5, 0.6) is 5.75 Å². The number of halogens is 1. The van der Waals surface area contributed by atoms with Crippen LogP contribution in [0.15, 0.2) is 63.8 Å². The lowest BCUT2D eigenvalue weighted by Crippen LogP contribution is -2.22. The second kappa shape index (κ2) is 7.31. The molecular weight excluding hydrogens is 385 g/mol. The Labute approximate surface area is 161 Å². The monoisotopic (exact) mass is 403 g/mol. The SMILES string of the molecule is COc1ccc(S(=O)(=O)n2cc(C(C)=NN=C(N)N)c3ccc(F)cc32)cc1. The highest BCUT2D eigenvalue weighted by atomic mass is 32.2. The number of hydrogen-bond acceptors (Lipinski definition) is 5. The van der Waals surface area contributed by atoms with E-state index in [4.69, 9.17) is 16.2 Å². The number of benzene rings is 2. The van der Waals surface area contributed by atoms with Gasteiger partial charge >= 0.3 is 0 Å². The van der Waals surface area contributed by atoms with Gasteiger partial charge in [0.25, 0.3) is 10.0 Å². The van der Waals surface area contributed by atoms with Crippen LogP contribution in [-0.2, 0) is 10.0 Å². The Morgan fingerprint density at radius 2 is 1.79 bits per heavy atom. The summed E-state index contributed by atoms with van der Waals surface area (Å²) >= 11 is 0. The molecule has 0 unspecified atom stereocenters. The first-order valence-electron chi connectivity index (χ1n) is 8.08. The molecule has 10 heteroatoms. The maximum absolute atomic E-state index is 13.9. The fourth-order valence-corrected chi connectivity index (χ4v) is 4.07. The van der Waals surface area contributed by atoms with Crippen LogP contribution < -0.4 is 16.2 Å². The Morgan fingerprint density at radius 1 is 1.11 bits per heavy atom. The van der Waals surface area contributed by atoms with Crippen LogP contribution in [0, 0.1) is 5.82 Å². The number of hydrogen-bond donors (Lipinski definition) is 2. The highest BCUT2D eigenvalue weighted by Gasteiger charge is 2.22. The van der Waals surface area contributed by atoms with Crippen LogP contribution in [-0.4, -0.2) is 31.2 Å². The lowest BCUT2D eigenvalue weighted by atomic mass is 10.1. The molecule has 0 atom stereocenters. The molecule has 0 amide bonds. The molecule has 0 aliphatic rings. The third kappa shape index (κ3) is 3.54. The van der Waals surface area contributed by atoms with Crippen LogP contribution in [0.3, 0.4) is 0 Å². The molecule has 28 heavy (non-hydrogen) atoms. The fourth-order valence-electron chi connectivity index (χ4n) is 2.71. The molecule has 0 aliphatic carbocycles. The summed E-state index contributed by atoms with van der Waals surface area (Å²) in [6.45, 7) is 1.62. The highest BCUT2D eigenvalue weighted by molar-refractivity contribution is 7.90. The Bertz CT molecular complexity index is 1190. The molecule has 0 fully saturated rings. The van der Waals surface area contributed by atoms with Crippen molar-refractivity contribution in [1.82, 2.24) is 3.97 Å². The Hall–Kier alpha value is -3.40. The minimum atomic E-state index is -4.00. The molecule has 0 aliphatic heterocycles. The Balaban J connectivity index is 2.24. The Kier molecular flexibility index (Phi) is 5.06. The van der Waals surface area contributed by atoms with Crippen molar-refractivity contribution in [3.8, 4) is 5.75 Å². The van der Waals surface area contributed by atoms with E-state index in [0.29, 0.717) is 22.4 Å². The van der Waals surface area contributed by atoms with Crippen molar-refractivity contribution in [2.75, 3.05) is 7.11 Å². The normalized spacial score (nSPS) is 12.2. The lowest BCUT2D eigenvalue weighted by molar-refractivity contribution is 0.414. The number of aromatic nitrogens is 1. The van der Waals surface area contributed by atoms with E-state index in [-0.39, 0.29) is 16.4 Å². The Morgan fingerprint density at radius 3 is 2.39 bits per heavy atom. The highest BCUT2D eigenvalue weighted by Crippen LogP contribution is 2.28. The fraction of sp³-hybridized carbons (Fsp3) is 0.111. The predicted molar refractivity (Wildman–Crippen MR) is 105 cm³/mol. The third-order valence-electron chi connectivity index (χ3n) is 4.06. The molecule has 146 valence electrons. The molecule has 0 saturated carbocycles. The third-order valence-corrected chi connectivity index (χ3v) is 5.74. The molecule has 0 saturated heterocycles. The van der Waals surface area contributed by atoms with Crippen molar-refractivity contribution < 1.29 is 17.5 Å². The predicted octanol–water partition coefficient (Wildman–Crippen LogP) is 2.02. The summed E-state index contributed by atoms with van der Waals surface area (Å²) < 4.78 is 46.2. The number of ether oxygens (including phenoxy) is 1. The van der Waals surface area contributed by atoms with Gasteiger partial charge in [-0.1, -0.05) is 0 Å². The molecular formula is C18H18FN5O3S. The van der Waals surface area contributed by atoms with Gasteiger partial charge in [0.05, 0.1) is 23.2 Å². The molecule has 2 aromatic carbocycles. The summed E-state index contributed by atoms with van der Waals surface area (Å²) in [6.07, 6.45) is 1.37. The molecule has 4 N–H and O–H groups in total. The molecule has 3 aromatic rings. The van der Waals surface area contributed by atoms with Crippen molar-refractivity contribution in [3.05, 3.63) is 60.0 Å². The second-order valence-electron chi connectivity index (χ2n) is 5.89. The standard InChI is InChI=1S/C18H18FN5O3S/c1-11(22-23-18(20)21)16-10-24(17-9-12(19)3-8-15(16)17)28(25,26)14-6-4-13(27-2)5-7-14/h3-10H,1-2H3,(H4,20,21,23). The van der Waals surface area contributed by atoms with E-state index in [9.17, 15) is 12.8 Å². The zero-order valence-corrected chi connectivity index (χ0v) is 15.9. The first-order chi connectivity index (χ1) is 13.2. The summed E-state index contributed by atoms with van der Waals surface area (Å²) in [7, 11) is -2.51. The zero-order chi connectivity index (χ0) is 20.5. The minimum absolute atomic E-state index is 0.0276. The first kappa shape index (κ1) is 19.4.